The summed E-state index contributed by atoms with van der Waals surface area (Å²) in [6, 6.07) is 10.8. The molecule has 3 aliphatic rings. The van der Waals surface area contributed by atoms with Gasteiger partial charge in [0.1, 0.15) is 5.75 Å². The summed E-state index contributed by atoms with van der Waals surface area (Å²) < 4.78 is 67.8. The molecule has 1 amide bonds. The molecule has 7 nitrogen and oxygen atoms in total. The second-order valence-electron chi connectivity index (χ2n) is 11.2. The van der Waals surface area contributed by atoms with Crippen LogP contribution in [-0.4, -0.2) is 79.9 Å². The van der Waals surface area contributed by atoms with Gasteiger partial charge in [0.05, 0.1) is 25.7 Å². The number of hydrogen-bond acceptors (Lipinski definition) is 6. The van der Waals surface area contributed by atoms with E-state index in [0.29, 0.717) is 55.0 Å². The minimum Gasteiger partial charge on any atom is -0.497 e. The molecule has 1 N–H and O–H groups in total. The monoisotopic (exact) mass is 703 g/mol. The van der Waals surface area contributed by atoms with Crippen LogP contribution in [0, 0.1) is 5.92 Å². The molecule has 0 aromatic heterocycles. The number of benzene rings is 2. The average Bonchev–Trinajstić information content (AvgIpc) is 3.58. The molecule has 228 valence electrons. The Morgan fingerprint density at radius 1 is 1.05 bits per heavy atom. The van der Waals surface area contributed by atoms with E-state index in [1.165, 1.54) is 24.1 Å². The highest BCUT2D eigenvalue weighted by Gasteiger charge is 2.54. The maximum atomic E-state index is 16.6. The van der Waals surface area contributed by atoms with Crippen LogP contribution in [0.25, 0.3) is 0 Å². The lowest BCUT2D eigenvalue weighted by atomic mass is 9.85. The maximum absolute atomic E-state index is 16.6. The smallest absolute Gasteiger partial charge is 0.416 e. The van der Waals surface area contributed by atoms with Crippen LogP contribution >= 0.6 is 22.6 Å². The minimum absolute atomic E-state index is 0.115. The van der Waals surface area contributed by atoms with Gasteiger partial charge in [-0.3, -0.25) is 9.59 Å². The van der Waals surface area contributed by atoms with Crippen molar-refractivity contribution in [2.45, 2.75) is 40.4 Å². The Labute approximate surface area is 256 Å². The Balaban J connectivity index is 1.39. The lowest BCUT2D eigenvalue weighted by molar-refractivity contribution is -0.146. The number of amides is 1. The Morgan fingerprint density at radius 3 is 2.36 bits per heavy atom. The summed E-state index contributed by atoms with van der Waals surface area (Å²) in [5, 5.41) is 3.03. The van der Waals surface area contributed by atoms with Crippen LogP contribution in [0.3, 0.4) is 0 Å². The Kier molecular flexibility index (Phi) is 8.94. The topological polar surface area (TPSA) is 71.1 Å². The molecule has 12 heteroatoms. The average molecular weight is 704 g/mol. The Hall–Kier alpha value is -2.61. The van der Waals surface area contributed by atoms with Crippen LogP contribution in [0.4, 0.5) is 23.2 Å². The molecular formula is C30H34F4IN3O4. The molecular weight excluding hydrogens is 669 g/mol. The predicted molar refractivity (Wildman–Crippen MR) is 158 cm³/mol. The number of hydrogen-bond donors (Lipinski definition) is 1. The third-order valence-corrected chi connectivity index (χ3v) is 10.1. The number of halogens is 5. The third kappa shape index (κ3) is 5.93. The van der Waals surface area contributed by atoms with E-state index in [1.807, 2.05) is 4.90 Å². The van der Waals surface area contributed by atoms with Gasteiger partial charge >= 0.3 is 12.1 Å². The van der Waals surface area contributed by atoms with E-state index in [9.17, 15) is 22.8 Å². The fourth-order valence-electron chi connectivity index (χ4n) is 6.44. The van der Waals surface area contributed by atoms with Crippen molar-refractivity contribution >= 4 is 40.2 Å². The quantitative estimate of drug-likeness (QED) is 0.199. The van der Waals surface area contributed by atoms with Crippen LogP contribution in [0.1, 0.15) is 41.4 Å². The van der Waals surface area contributed by atoms with Gasteiger partial charge in [-0.05, 0) is 48.2 Å². The van der Waals surface area contributed by atoms with Gasteiger partial charge in [0.25, 0.3) is 5.91 Å². The molecule has 5 rings (SSSR count). The molecule has 3 heterocycles. The summed E-state index contributed by atoms with van der Waals surface area (Å²) in [6.45, 7) is 1.48. The van der Waals surface area contributed by atoms with E-state index in [-0.39, 0.29) is 41.4 Å². The van der Waals surface area contributed by atoms with E-state index < -0.39 is 29.2 Å². The molecule has 3 fully saturated rings. The van der Waals surface area contributed by atoms with Gasteiger partial charge in [0, 0.05) is 60.7 Å². The van der Waals surface area contributed by atoms with Crippen LogP contribution in [-0.2, 0) is 20.5 Å². The number of likely N-dealkylation sites (tertiary alicyclic amines) is 1. The van der Waals surface area contributed by atoms with E-state index in [0.717, 1.165) is 6.07 Å². The summed E-state index contributed by atoms with van der Waals surface area (Å²) in [4.78, 5) is 29.2. The largest absolute Gasteiger partial charge is 0.497 e. The molecule has 4 atom stereocenters. The lowest BCUT2D eigenvalue weighted by Gasteiger charge is -2.35. The van der Waals surface area contributed by atoms with Crippen molar-refractivity contribution in [1.82, 2.24) is 10.2 Å². The van der Waals surface area contributed by atoms with Crippen LogP contribution in [0.2, 0.25) is 0 Å². The first-order valence-electron chi connectivity index (χ1n) is 14.0. The SMILES string of the molecule is COC(=O)C1CCN(c2cc(C(F)(F)F)ccc2[C@H]2CN(C(=O)[C@]3(F)CNC[C@H]3c3ccc(OC)cc3)C[C@@H]2I)CC1. The molecule has 3 saturated heterocycles. The number of alkyl halides is 5. The van der Waals surface area contributed by atoms with Crippen molar-refractivity contribution in [3.05, 3.63) is 59.2 Å². The van der Waals surface area contributed by atoms with Crippen molar-refractivity contribution < 1.29 is 36.6 Å². The summed E-state index contributed by atoms with van der Waals surface area (Å²) in [5.74, 6) is -1.55. The first-order valence-corrected chi connectivity index (χ1v) is 15.2. The van der Waals surface area contributed by atoms with Gasteiger partial charge in [-0.25, -0.2) is 4.39 Å². The highest BCUT2D eigenvalue weighted by molar-refractivity contribution is 14.1. The minimum atomic E-state index is -4.52. The number of anilines is 1. The van der Waals surface area contributed by atoms with Crippen LogP contribution in [0.5, 0.6) is 5.75 Å². The summed E-state index contributed by atoms with van der Waals surface area (Å²) in [7, 11) is 2.88. The molecule has 2 aromatic rings. The maximum Gasteiger partial charge on any atom is 0.416 e. The summed E-state index contributed by atoms with van der Waals surface area (Å²) >= 11 is 2.22. The van der Waals surface area contributed by atoms with E-state index >= 15 is 4.39 Å². The van der Waals surface area contributed by atoms with Crippen LogP contribution < -0.4 is 15.0 Å². The fourth-order valence-corrected chi connectivity index (χ4v) is 7.53. The van der Waals surface area contributed by atoms with E-state index in [2.05, 4.69) is 27.9 Å². The van der Waals surface area contributed by atoms with Crippen molar-refractivity contribution in [1.29, 1.82) is 0 Å². The zero-order valence-electron chi connectivity index (χ0n) is 23.4. The first kappa shape index (κ1) is 30.8. The number of nitrogens with one attached hydrogen (secondary N) is 1. The highest BCUT2D eigenvalue weighted by atomic mass is 127. The molecule has 0 saturated carbocycles. The molecule has 2 aromatic carbocycles. The number of rotatable bonds is 6. The number of esters is 1. The number of methoxy groups -OCH3 is 2. The first-order chi connectivity index (χ1) is 20.0. The van der Waals surface area contributed by atoms with Crippen molar-refractivity contribution in [2.24, 2.45) is 5.92 Å². The lowest BCUT2D eigenvalue weighted by Crippen LogP contribution is -2.49. The van der Waals surface area contributed by atoms with Gasteiger partial charge in [0.15, 0.2) is 0 Å². The van der Waals surface area contributed by atoms with Gasteiger partial charge in [-0.15, -0.1) is 0 Å². The predicted octanol–water partition coefficient (Wildman–Crippen LogP) is 4.93. The molecule has 0 bridgehead atoms. The molecule has 42 heavy (non-hydrogen) atoms. The summed E-state index contributed by atoms with van der Waals surface area (Å²) in [6.07, 6.45) is -3.59. The number of piperidine rings is 1. The van der Waals surface area contributed by atoms with Crippen molar-refractivity contribution in [3.8, 4) is 5.75 Å². The van der Waals surface area contributed by atoms with Gasteiger partial charge < -0.3 is 24.6 Å². The molecule has 0 radical (unpaired) electrons. The van der Waals surface area contributed by atoms with Crippen LogP contribution in [0.15, 0.2) is 42.5 Å². The van der Waals surface area contributed by atoms with E-state index in [4.69, 9.17) is 9.47 Å². The van der Waals surface area contributed by atoms with Gasteiger partial charge in [0.2, 0.25) is 5.67 Å². The second-order valence-corrected chi connectivity index (χ2v) is 12.8. The fraction of sp³-hybridized carbons (Fsp3) is 0.533. The Morgan fingerprint density at radius 2 is 1.74 bits per heavy atom. The van der Waals surface area contributed by atoms with Crippen molar-refractivity contribution in [2.75, 3.05) is 58.4 Å². The van der Waals surface area contributed by atoms with Gasteiger partial charge in [-0.1, -0.05) is 40.8 Å². The Bertz CT molecular complexity index is 1300. The zero-order valence-corrected chi connectivity index (χ0v) is 25.6. The molecule has 0 spiro atoms. The standard InChI is InChI=1S/C30H34F4IN3O4/c1-41-21-6-3-18(4-7-21)24-14-36-17-29(24,31)28(40)38-15-23(25(35)16-38)22-8-5-20(30(32,33)34)13-26(22)37-11-9-19(10-12-37)27(39)42-2/h3-8,13,19,23-25,36H,9-12,14-17H2,1-2H3/t23-,24+,25+,29+/m1/s1. The van der Waals surface area contributed by atoms with Crippen molar-refractivity contribution in [3.63, 3.8) is 0 Å². The van der Waals surface area contributed by atoms with E-state index in [1.54, 1.807) is 31.4 Å². The van der Waals surface area contributed by atoms with Gasteiger partial charge in [-0.2, -0.15) is 13.2 Å². The highest BCUT2D eigenvalue weighted by Crippen LogP contribution is 2.44. The number of nitrogens with zero attached hydrogens (tertiary/aromatic N) is 2. The third-order valence-electron chi connectivity index (χ3n) is 8.82. The molecule has 3 aliphatic heterocycles. The molecule has 0 unspecified atom stereocenters. The second kappa shape index (κ2) is 12.2. The number of carbonyl (C=O) groups excluding carboxylic acids is 2. The summed E-state index contributed by atoms with van der Waals surface area (Å²) in [5.41, 5.74) is -1.08. The molecule has 0 aliphatic carbocycles. The number of ether oxygens (including phenoxy) is 2. The normalized spacial score (nSPS) is 26.9. The number of carbonyl (C=O) groups is 2. The zero-order chi connectivity index (χ0) is 30.2.